The Kier molecular flexibility index (Phi) is 4.42. The minimum Gasteiger partial charge on any atom is -0.355 e. The fourth-order valence-corrected chi connectivity index (χ4v) is 2.15. The predicted molar refractivity (Wildman–Crippen MR) is 78.0 cm³/mol. The number of hydrogen-bond acceptors (Lipinski definition) is 2. The fourth-order valence-electron chi connectivity index (χ4n) is 2.15. The van der Waals surface area contributed by atoms with Crippen LogP contribution < -0.4 is 10.6 Å². The number of carbonyl (C=O) groups is 2. The van der Waals surface area contributed by atoms with Crippen LogP contribution >= 0.6 is 0 Å². The Hall–Kier alpha value is -1.84. The van der Waals surface area contributed by atoms with Gasteiger partial charge < -0.3 is 10.6 Å². The molecule has 108 valence electrons. The molecule has 1 aromatic rings. The number of aryl methyl sites for hydroxylation is 1. The maximum Gasteiger partial charge on any atom is 0.235 e. The topological polar surface area (TPSA) is 58.2 Å². The van der Waals surface area contributed by atoms with Crippen molar-refractivity contribution in [2.24, 2.45) is 5.41 Å². The lowest BCUT2D eigenvalue weighted by Gasteiger charge is -2.15. The van der Waals surface area contributed by atoms with Gasteiger partial charge in [0.25, 0.3) is 0 Å². The van der Waals surface area contributed by atoms with Gasteiger partial charge in [0, 0.05) is 13.1 Å². The van der Waals surface area contributed by atoms with Gasteiger partial charge in [0.15, 0.2) is 0 Å². The van der Waals surface area contributed by atoms with Crippen molar-refractivity contribution < 1.29 is 9.59 Å². The summed E-state index contributed by atoms with van der Waals surface area (Å²) in [5.41, 5.74) is 1.44. The molecule has 4 nitrogen and oxygen atoms in total. The van der Waals surface area contributed by atoms with Gasteiger partial charge in [-0.25, -0.2) is 0 Å². The van der Waals surface area contributed by atoms with Gasteiger partial charge in [0.1, 0.15) is 5.41 Å². The summed E-state index contributed by atoms with van der Waals surface area (Å²) in [4.78, 5) is 24.2. The molecule has 2 N–H and O–H groups in total. The average Bonchev–Trinajstić information content (AvgIpc) is 3.25. The summed E-state index contributed by atoms with van der Waals surface area (Å²) in [5, 5.41) is 5.70. The summed E-state index contributed by atoms with van der Waals surface area (Å²) >= 11 is 0. The van der Waals surface area contributed by atoms with Gasteiger partial charge in [0.05, 0.1) is 0 Å². The van der Waals surface area contributed by atoms with Crippen LogP contribution in [0.2, 0.25) is 0 Å². The molecule has 0 atom stereocenters. The highest BCUT2D eigenvalue weighted by Gasteiger charge is 2.56. The van der Waals surface area contributed by atoms with Crippen LogP contribution in [-0.4, -0.2) is 18.4 Å². The molecule has 1 aromatic carbocycles. The first-order chi connectivity index (χ1) is 9.58. The Labute approximate surface area is 119 Å². The van der Waals surface area contributed by atoms with Gasteiger partial charge in [-0.1, -0.05) is 36.8 Å². The molecule has 0 aromatic heterocycles. The zero-order chi connectivity index (χ0) is 14.6. The first-order valence-electron chi connectivity index (χ1n) is 7.20. The molecule has 0 heterocycles. The van der Waals surface area contributed by atoms with Crippen LogP contribution in [0.15, 0.2) is 24.3 Å². The van der Waals surface area contributed by atoms with E-state index in [2.05, 4.69) is 10.6 Å². The molecule has 2 rings (SSSR count). The van der Waals surface area contributed by atoms with Crippen molar-refractivity contribution in [3.05, 3.63) is 35.4 Å². The number of hydrogen-bond donors (Lipinski definition) is 2. The van der Waals surface area contributed by atoms with Crippen LogP contribution in [0.3, 0.4) is 0 Å². The minimum atomic E-state index is -0.806. The van der Waals surface area contributed by atoms with E-state index in [9.17, 15) is 9.59 Å². The van der Waals surface area contributed by atoms with Gasteiger partial charge in [-0.3, -0.25) is 9.59 Å². The van der Waals surface area contributed by atoms with Crippen LogP contribution in [0, 0.1) is 12.3 Å². The highest BCUT2D eigenvalue weighted by molar-refractivity contribution is 6.07. The first-order valence-corrected chi connectivity index (χ1v) is 7.20. The van der Waals surface area contributed by atoms with Crippen molar-refractivity contribution in [3.8, 4) is 0 Å². The van der Waals surface area contributed by atoms with Crippen molar-refractivity contribution in [2.75, 3.05) is 6.54 Å². The number of benzene rings is 1. The normalized spacial score (nSPS) is 15.5. The molecule has 1 aliphatic rings. The Morgan fingerprint density at radius 3 is 2.25 bits per heavy atom. The summed E-state index contributed by atoms with van der Waals surface area (Å²) < 4.78 is 0. The number of nitrogens with one attached hydrogen (secondary N) is 2. The van der Waals surface area contributed by atoms with E-state index >= 15 is 0 Å². The van der Waals surface area contributed by atoms with E-state index in [1.54, 1.807) is 0 Å². The quantitative estimate of drug-likeness (QED) is 0.779. The van der Waals surface area contributed by atoms with Gasteiger partial charge in [0.2, 0.25) is 11.8 Å². The van der Waals surface area contributed by atoms with Gasteiger partial charge >= 0.3 is 0 Å². The van der Waals surface area contributed by atoms with E-state index in [1.807, 2.05) is 38.1 Å². The van der Waals surface area contributed by atoms with Crippen molar-refractivity contribution in [3.63, 3.8) is 0 Å². The second kappa shape index (κ2) is 6.07. The second-order valence-corrected chi connectivity index (χ2v) is 5.51. The smallest absolute Gasteiger partial charge is 0.235 e. The molecule has 4 heteroatoms. The third-order valence-electron chi connectivity index (χ3n) is 3.73. The first kappa shape index (κ1) is 14.6. The molecular weight excluding hydrogens is 252 g/mol. The van der Waals surface area contributed by atoms with Crippen molar-refractivity contribution >= 4 is 11.8 Å². The molecule has 20 heavy (non-hydrogen) atoms. The lowest BCUT2D eigenvalue weighted by Crippen LogP contribution is -2.43. The van der Waals surface area contributed by atoms with E-state index in [0.29, 0.717) is 25.9 Å². The summed E-state index contributed by atoms with van der Waals surface area (Å²) in [7, 11) is 0. The lowest BCUT2D eigenvalue weighted by atomic mass is 10.0. The van der Waals surface area contributed by atoms with E-state index in [1.165, 1.54) is 5.56 Å². The number of carbonyl (C=O) groups excluding carboxylic acids is 2. The van der Waals surface area contributed by atoms with Crippen LogP contribution in [-0.2, 0) is 16.1 Å². The minimum absolute atomic E-state index is 0.124. The summed E-state index contributed by atoms with van der Waals surface area (Å²) in [6.07, 6.45) is 2.19. The summed E-state index contributed by atoms with van der Waals surface area (Å²) in [6, 6.07) is 8.02. The van der Waals surface area contributed by atoms with Gasteiger partial charge in [-0.15, -0.1) is 0 Å². The molecule has 1 fully saturated rings. The van der Waals surface area contributed by atoms with E-state index < -0.39 is 5.41 Å². The van der Waals surface area contributed by atoms with E-state index in [4.69, 9.17) is 0 Å². The maximum absolute atomic E-state index is 12.2. The Morgan fingerprint density at radius 1 is 1.10 bits per heavy atom. The predicted octanol–water partition coefficient (Wildman–Crippen LogP) is 1.92. The number of rotatable bonds is 6. The molecule has 0 saturated heterocycles. The standard InChI is InChI=1S/C16H22N2O2/c1-3-10-17-14(19)16(8-9-16)15(20)18-11-13-6-4-12(2)5-7-13/h4-7H,3,8-11H2,1-2H3,(H,17,19)(H,18,20). The highest BCUT2D eigenvalue weighted by Crippen LogP contribution is 2.46. The Balaban J connectivity index is 1.88. The summed E-state index contributed by atoms with van der Waals surface area (Å²) in [5.74, 6) is -0.271. The SMILES string of the molecule is CCCNC(=O)C1(C(=O)NCc2ccc(C)cc2)CC1. The molecule has 0 radical (unpaired) electrons. The molecule has 0 unspecified atom stereocenters. The Bertz CT molecular complexity index is 490. The van der Waals surface area contributed by atoms with Crippen molar-refractivity contribution in [2.45, 2.75) is 39.7 Å². The van der Waals surface area contributed by atoms with Gasteiger partial charge in [-0.2, -0.15) is 0 Å². The zero-order valence-corrected chi connectivity index (χ0v) is 12.2. The Morgan fingerprint density at radius 2 is 1.70 bits per heavy atom. The summed E-state index contributed by atoms with van der Waals surface area (Å²) in [6.45, 7) is 5.13. The third kappa shape index (κ3) is 3.18. The molecule has 1 aliphatic carbocycles. The second-order valence-electron chi connectivity index (χ2n) is 5.51. The highest BCUT2D eigenvalue weighted by atomic mass is 16.2. The zero-order valence-electron chi connectivity index (χ0n) is 12.2. The maximum atomic E-state index is 12.2. The van der Waals surface area contributed by atoms with Crippen LogP contribution in [0.5, 0.6) is 0 Å². The van der Waals surface area contributed by atoms with Crippen molar-refractivity contribution in [1.82, 2.24) is 10.6 Å². The average molecular weight is 274 g/mol. The molecular formula is C16H22N2O2. The van der Waals surface area contributed by atoms with Crippen LogP contribution in [0.25, 0.3) is 0 Å². The molecule has 0 spiro atoms. The molecule has 1 saturated carbocycles. The molecule has 2 amide bonds. The van der Waals surface area contributed by atoms with Crippen LogP contribution in [0.4, 0.5) is 0 Å². The van der Waals surface area contributed by atoms with E-state index in [0.717, 1.165) is 12.0 Å². The monoisotopic (exact) mass is 274 g/mol. The molecule has 0 bridgehead atoms. The largest absolute Gasteiger partial charge is 0.355 e. The van der Waals surface area contributed by atoms with Gasteiger partial charge in [-0.05, 0) is 31.7 Å². The van der Waals surface area contributed by atoms with E-state index in [-0.39, 0.29) is 11.8 Å². The fraction of sp³-hybridized carbons (Fsp3) is 0.500. The molecule has 0 aliphatic heterocycles. The van der Waals surface area contributed by atoms with Crippen molar-refractivity contribution in [1.29, 1.82) is 0 Å². The van der Waals surface area contributed by atoms with Crippen LogP contribution in [0.1, 0.15) is 37.3 Å². The third-order valence-corrected chi connectivity index (χ3v) is 3.73. The number of amides is 2. The lowest BCUT2D eigenvalue weighted by molar-refractivity contribution is -0.137.